The van der Waals surface area contributed by atoms with Crippen molar-refractivity contribution >= 4 is 23.5 Å². The fourth-order valence-corrected chi connectivity index (χ4v) is 2.27. The fourth-order valence-electron chi connectivity index (χ4n) is 2.02. The van der Waals surface area contributed by atoms with Crippen molar-refractivity contribution in [2.24, 2.45) is 0 Å². The van der Waals surface area contributed by atoms with Crippen LogP contribution in [0.2, 0.25) is 0 Å². The van der Waals surface area contributed by atoms with Gasteiger partial charge in [0.2, 0.25) is 0 Å². The molecule has 2 aromatic carbocycles. The Hall–Kier alpha value is -1.12. The third kappa shape index (κ3) is 2.11. The number of thiol groups is 1. The van der Waals surface area contributed by atoms with E-state index in [0.717, 1.165) is 32.6 Å². The van der Waals surface area contributed by atoms with Gasteiger partial charge in [0, 0.05) is 35.3 Å². The van der Waals surface area contributed by atoms with Crippen LogP contribution in [0.4, 0.5) is 0 Å². The Labute approximate surface area is 124 Å². The predicted octanol–water partition coefficient (Wildman–Crippen LogP) is 3.82. The second-order valence-corrected chi connectivity index (χ2v) is 4.54. The Morgan fingerprint density at radius 3 is 2.67 bits per heavy atom. The number of aromatic nitrogens is 2. The molecule has 0 radical (unpaired) electrons. The van der Waals surface area contributed by atoms with Crippen molar-refractivity contribution in [1.29, 1.82) is 0 Å². The van der Waals surface area contributed by atoms with E-state index in [-0.39, 0.29) is 19.5 Å². The Morgan fingerprint density at radius 2 is 1.83 bits per heavy atom. The fraction of sp³-hybridized carbons (Fsp3) is 0.0714. The Bertz CT molecular complexity index is 691. The Kier molecular flexibility index (Phi) is 3.89. The number of aryl methyl sites for hydroxylation is 1. The van der Waals surface area contributed by atoms with Crippen molar-refractivity contribution in [3.8, 4) is 11.3 Å². The summed E-state index contributed by atoms with van der Waals surface area (Å²) in [5, 5.41) is 8.58. The van der Waals surface area contributed by atoms with Crippen LogP contribution in [0.5, 0.6) is 0 Å². The average molecular weight is 306 g/mol. The number of hydrogen-bond donors (Lipinski definition) is 2. The second kappa shape index (κ2) is 5.25. The maximum absolute atomic E-state index is 4.57. The number of rotatable bonds is 1. The summed E-state index contributed by atoms with van der Waals surface area (Å²) in [6.45, 7) is 2.06. The van der Waals surface area contributed by atoms with Crippen molar-refractivity contribution in [2.75, 3.05) is 0 Å². The summed E-state index contributed by atoms with van der Waals surface area (Å²) in [5.41, 5.74) is 4.26. The third-order valence-electron chi connectivity index (χ3n) is 2.96. The van der Waals surface area contributed by atoms with Crippen molar-refractivity contribution in [2.45, 2.75) is 11.8 Å². The molecule has 3 aromatic rings. The molecule has 1 heterocycles. The number of benzene rings is 2. The van der Waals surface area contributed by atoms with Gasteiger partial charge >= 0.3 is 0 Å². The minimum atomic E-state index is 0. The summed E-state index contributed by atoms with van der Waals surface area (Å²) in [6, 6.07) is 14.3. The van der Waals surface area contributed by atoms with Crippen LogP contribution in [0.25, 0.3) is 22.2 Å². The maximum atomic E-state index is 4.57. The van der Waals surface area contributed by atoms with Crippen LogP contribution in [-0.4, -0.2) is 10.2 Å². The molecular weight excluding hydrogens is 294 g/mol. The molecule has 0 aliphatic rings. The van der Waals surface area contributed by atoms with Gasteiger partial charge in [0.05, 0.1) is 5.52 Å². The summed E-state index contributed by atoms with van der Waals surface area (Å²) in [5.74, 6) is 0. The van der Waals surface area contributed by atoms with Gasteiger partial charge in [0.1, 0.15) is 5.69 Å². The van der Waals surface area contributed by atoms with Gasteiger partial charge in [0.15, 0.2) is 0 Å². The maximum Gasteiger partial charge on any atom is 0.101 e. The van der Waals surface area contributed by atoms with E-state index in [1.165, 1.54) is 0 Å². The topological polar surface area (TPSA) is 28.7 Å². The molecule has 0 amide bonds. The predicted molar refractivity (Wildman–Crippen MR) is 73.5 cm³/mol. The molecule has 3 rings (SSSR count). The van der Waals surface area contributed by atoms with E-state index < -0.39 is 0 Å². The van der Waals surface area contributed by atoms with Gasteiger partial charge in [-0.25, -0.2) is 0 Å². The molecule has 0 unspecified atom stereocenters. The SMILES string of the molecule is Cc1cccc(-c2n[nH]c3ccccc23)c1S.[Zn]. The molecule has 0 fully saturated rings. The number of aromatic amines is 1. The molecule has 2 nitrogen and oxygen atoms in total. The van der Waals surface area contributed by atoms with Crippen LogP contribution in [0, 0.1) is 6.92 Å². The van der Waals surface area contributed by atoms with E-state index in [1.807, 2.05) is 24.3 Å². The summed E-state index contributed by atoms with van der Waals surface area (Å²) < 4.78 is 0. The Balaban J connectivity index is 0.00000120. The summed E-state index contributed by atoms with van der Waals surface area (Å²) in [7, 11) is 0. The third-order valence-corrected chi connectivity index (χ3v) is 3.56. The van der Waals surface area contributed by atoms with E-state index in [4.69, 9.17) is 0 Å². The summed E-state index contributed by atoms with van der Waals surface area (Å²) >= 11 is 4.57. The van der Waals surface area contributed by atoms with E-state index in [2.05, 4.69) is 47.9 Å². The number of hydrogen-bond acceptors (Lipinski definition) is 2. The van der Waals surface area contributed by atoms with Crippen molar-refractivity contribution in [3.63, 3.8) is 0 Å². The molecule has 0 saturated carbocycles. The first kappa shape index (κ1) is 13.3. The van der Waals surface area contributed by atoms with E-state index >= 15 is 0 Å². The van der Waals surface area contributed by atoms with Crippen molar-refractivity contribution in [3.05, 3.63) is 48.0 Å². The minimum absolute atomic E-state index is 0. The van der Waals surface area contributed by atoms with Gasteiger partial charge in [-0.05, 0) is 18.6 Å². The molecule has 4 heteroatoms. The number of nitrogens with zero attached hydrogens (tertiary/aromatic N) is 1. The van der Waals surface area contributed by atoms with Gasteiger partial charge in [-0.1, -0.05) is 36.4 Å². The van der Waals surface area contributed by atoms with Crippen molar-refractivity contribution in [1.82, 2.24) is 10.2 Å². The molecule has 0 aliphatic heterocycles. The zero-order valence-corrected chi connectivity index (χ0v) is 14.0. The van der Waals surface area contributed by atoms with Crippen LogP contribution >= 0.6 is 12.6 Å². The van der Waals surface area contributed by atoms with Crippen molar-refractivity contribution < 1.29 is 19.5 Å². The van der Waals surface area contributed by atoms with Gasteiger partial charge in [-0.2, -0.15) is 5.10 Å². The minimum Gasteiger partial charge on any atom is -0.277 e. The zero-order valence-electron chi connectivity index (χ0n) is 10.1. The summed E-state index contributed by atoms with van der Waals surface area (Å²) in [6.07, 6.45) is 0. The first-order chi connectivity index (χ1) is 8.27. The van der Waals surface area contributed by atoms with Gasteiger partial charge < -0.3 is 0 Å². The normalized spacial score (nSPS) is 10.3. The molecule has 1 aromatic heterocycles. The number of para-hydroxylation sites is 1. The molecule has 0 aliphatic carbocycles. The molecular formula is C14H12N2SZn. The molecule has 0 bridgehead atoms. The van der Waals surface area contributed by atoms with Gasteiger partial charge in [0.25, 0.3) is 0 Å². The number of nitrogens with one attached hydrogen (secondary N) is 1. The zero-order chi connectivity index (χ0) is 11.8. The average Bonchev–Trinajstić information content (AvgIpc) is 2.77. The first-order valence-corrected chi connectivity index (χ1v) is 5.94. The molecule has 86 valence electrons. The molecule has 0 spiro atoms. The van der Waals surface area contributed by atoms with Crippen LogP contribution in [0.15, 0.2) is 47.4 Å². The molecule has 0 saturated heterocycles. The Morgan fingerprint density at radius 1 is 1.06 bits per heavy atom. The summed E-state index contributed by atoms with van der Waals surface area (Å²) in [4.78, 5) is 0.991. The van der Waals surface area contributed by atoms with Crippen LogP contribution in [-0.2, 0) is 19.5 Å². The monoisotopic (exact) mass is 304 g/mol. The first-order valence-electron chi connectivity index (χ1n) is 5.49. The van der Waals surface area contributed by atoms with E-state index in [0.29, 0.717) is 0 Å². The number of H-pyrrole nitrogens is 1. The van der Waals surface area contributed by atoms with E-state index in [1.54, 1.807) is 0 Å². The van der Waals surface area contributed by atoms with Crippen LogP contribution < -0.4 is 0 Å². The largest absolute Gasteiger partial charge is 0.277 e. The smallest absolute Gasteiger partial charge is 0.101 e. The van der Waals surface area contributed by atoms with Gasteiger partial charge in [-0.15, -0.1) is 12.6 Å². The van der Waals surface area contributed by atoms with E-state index in [9.17, 15) is 0 Å². The second-order valence-electron chi connectivity index (χ2n) is 4.09. The molecule has 18 heavy (non-hydrogen) atoms. The molecule has 0 atom stereocenters. The van der Waals surface area contributed by atoms with Crippen LogP contribution in [0.3, 0.4) is 0 Å². The van der Waals surface area contributed by atoms with Crippen LogP contribution in [0.1, 0.15) is 5.56 Å². The number of fused-ring (bicyclic) bond motifs is 1. The quantitative estimate of drug-likeness (QED) is 0.519. The standard InChI is InChI=1S/C14H12N2S.Zn/c1-9-5-4-7-11(14(9)17)13-10-6-2-3-8-12(10)15-16-13;/h2-8,17H,1H3,(H,15,16);. The van der Waals surface area contributed by atoms with Gasteiger partial charge in [-0.3, -0.25) is 5.10 Å². The molecule has 1 N–H and O–H groups in total.